The summed E-state index contributed by atoms with van der Waals surface area (Å²) < 4.78 is 0. The van der Waals surface area contributed by atoms with Gasteiger partial charge in [-0.2, -0.15) is 0 Å². The van der Waals surface area contributed by atoms with Crippen molar-refractivity contribution in [2.45, 2.75) is 27.7 Å². The molecule has 0 radical (unpaired) electrons. The van der Waals surface area contributed by atoms with E-state index in [1.807, 2.05) is 12.2 Å². The van der Waals surface area contributed by atoms with E-state index in [4.69, 9.17) is 0 Å². The summed E-state index contributed by atoms with van der Waals surface area (Å²) in [4.78, 5) is 4.55. The maximum absolute atomic E-state index is 4.42. The monoisotopic (exact) mass is 764 g/mol. The molecule has 0 N–H and O–H groups in total. The summed E-state index contributed by atoms with van der Waals surface area (Å²) in [6.45, 7) is 8.44. The Labute approximate surface area is 336 Å². The van der Waals surface area contributed by atoms with E-state index in [1.165, 1.54) is 44.9 Å². The molecule has 8 aromatic rings. The van der Waals surface area contributed by atoms with Gasteiger partial charge in [0.2, 0.25) is 0 Å². The molecule has 8 heteroatoms. The van der Waals surface area contributed by atoms with Crippen molar-refractivity contribution >= 4 is 81.1 Å². The smallest absolute Gasteiger partial charge is 0.178 e. The van der Waals surface area contributed by atoms with Crippen LogP contribution in [-0.4, -0.2) is 20.4 Å². The first-order valence-electron chi connectivity index (χ1n) is 18.5. The summed E-state index contributed by atoms with van der Waals surface area (Å²) in [5.74, 6) is 0. The third-order valence-corrected chi connectivity index (χ3v) is 11.3. The highest BCUT2D eigenvalue weighted by atomic mass is 32.1. The molecular weight excluding hydrogens is 725 g/mol. The number of anilines is 6. The number of benzene rings is 6. The van der Waals surface area contributed by atoms with Crippen LogP contribution in [0, 0.1) is 27.7 Å². The minimum absolute atomic E-state index is 0.751. The highest BCUT2D eigenvalue weighted by molar-refractivity contribution is 7.21. The molecule has 2 aromatic heterocycles. The number of aromatic nitrogens is 4. The van der Waals surface area contributed by atoms with Gasteiger partial charge in [-0.3, -0.25) is 0 Å². The molecule has 0 fully saturated rings. The first-order valence-corrected chi connectivity index (χ1v) is 20.1. The van der Waals surface area contributed by atoms with Crippen molar-refractivity contribution in [3.05, 3.63) is 189 Å². The normalized spacial score (nSPS) is 11.4. The van der Waals surface area contributed by atoms with Crippen LogP contribution in [0.2, 0.25) is 0 Å². The van der Waals surface area contributed by atoms with Crippen LogP contribution in [0.4, 0.5) is 34.1 Å². The van der Waals surface area contributed by atoms with Gasteiger partial charge >= 0.3 is 0 Å². The Morgan fingerprint density at radius 1 is 0.321 bits per heavy atom. The number of nitrogens with zero attached hydrogens (tertiary/aromatic N) is 6. The van der Waals surface area contributed by atoms with Crippen LogP contribution >= 0.6 is 22.7 Å². The second-order valence-corrected chi connectivity index (χ2v) is 15.8. The molecule has 0 saturated carbocycles. The molecule has 2 heterocycles. The van der Waals surface area contributed by atoms with Crippen molar-refractivity contribution < 1.29 is 0 Å². The number of hydrogen-bond acceptors (Lipinski definition) is 8. The molecule has 0 aliphatic rings. The minimum atomic E-state index is 0.751. The fraction of sp³-hybridized carbons (Fsp3) is 0.0833. The summed E-state index contributed by atoms with van der Waals surface area (Å²) >= 11 is 3.00. The quantitative estimate of drug-likeness (QED) is 0.131. The fourth-order valence-corrected chi connectivity index (χ4v) is 7.75. The minimum Gasteiger partial charge on any atom is -0.311 e. The Bertz CT molecular complexity index is 2310. The standard InChI is InChI=1S/C48H40N6S2/c1-33-5-19-39(20-6-33)53(40-21-7-34(2)8-22-40)43-27-13-37(14-28-43)17-31-45-49-51-47(55-45)48-52-50-46(56-48)32-18-38-15-29-44(30-16-38)54(41-23-9-35(3)10-24-41)42-25-11-36(4)12-26-42/h5-32H,1-4H3. The first kappa shape index (κ1) is 36.5. The average Bonchev–Trinajstić information content (AvgIpc) is 3.91. The predicted molar refractivity (Wildman–Crippen MR) is 238 cm³/mol. The summed E-state index contributed by atoms with van der Waals surface area (Å²) in [6.07, 6.45) is 8.13. The Kier molecular flexibility index (Phi) is 10.7. The maximum Gasteiger partial charge on any atom is 0.178 e. The van der Waals surface area contributed by atoms with Crippen molar-refractivity contribution in [2.24, 2.45) is 0 Å². The van der Waals surface area contributed by atoms with Gasteiger partial charge in [-0.25, -0.2) is 0 Å². The lowest BCUT2D eigenvalue weighted by molar-refractivity contribution is 1.05. The van der Waals surface area contributed by atoms with Gasteiger partial charge in [-0.1, -0.05) is 130 Å². The van der Waals surface area contributed by atoms with Gasteiger partial charge < -0.3 is 9.80 Å². The van der Waals surface area contributed by atoms with E-state index in [0.29, 0.717) is 0 Å². The molecular formula is C48H40N6S2. The van der Waals surface area contributed by atoms with Gasteiger partial charge in [0.15, 0.2) is 10.0 Å². The van der Waals surface area contributed by atoms with Gasteiger partial charge in [0.25, 0.3) is 0 Å². The zero-order chi connectivity index (χ0) is 38.4. The van der Waals surface area contributed by atoms with Crippen molar-refractivity contribution in [3.63, 3.8) is 0 Å². The highest BCUT2D eigenvalue weighted by Crippen LogP contribution is 2.37. The van der Waals surface area contributed by atoms with Crippen LogP contribution in [-0.2, 0) is 0 Å². The molecule has 6 aromatic carbocycles. The van der Waals surface area contributed by atoms with Gasteiger partial charge in [-0.15, -0.1) is 20.4 Å². The van der Waals surface area contributed by atoms with Crippen molar-refractivity contribution in [2.75, 3.05) is 9.80 Å². The number of aryl methyl sites for hydroxylation is 4. The Hall–Kier alpha value is -6.48. The molecule has 274 valence electrons. The molecule has 0 saturated heterocycles. The fourth-order valence-electron chi connectivity index (χ4n) is 6.25. The Balaban J connectivity index is 0.932. The van der Waals surface area contributed by atoms with Crippen LogP contribution < -0.4 is 9.80 Å². The van der Waals surface area contributed by atoms with Crippen LogP contribution in [0.25, 0.3) is 34.3 Å². The van der Waals surface area contributed by atoms with E-state index < -0.39 is 0 Å². The zero-order valence-electron chi connectivity index (χ0n) is 31.7. The summed E-state index contributed by atoms with van der Waals surface area (Å²) in [7, 11) is 0. The van der Waals surface area contributed by atoms with Crippen molar-refractivity contribution in [3.8, 4) is 10.0 Å². The van der Waals surface area contributed by atoms with Crippen LogP contribution in [0.15, 0.2) is 146 Å². The Morgan fingerprint density at radius 3 is 0.839 bits per heavy atom. The van der Waals surface area contributed by atoms with Crippen molar-refractivity contribution in [1.82, 2.24) is 20.4 Å². The second kappa shape index (κ2) is 16.5. The van der Waals surface area contributed by atoms with E-state index in [1.54, 1.807) is 0 Å². The van der Waals surface area contributed by atoms with E-state index >= 15 is 0 Å². The van der Waals surface area contributed by atoms with E-state index in [0.717, 1.165) is 65.3 Å². The average molecular weight is 765 g/mol. The van der Waals surface area contributed by atoms with E-state index in [9.17, 15) is 0 Å². The van der Waals surface area contributed by atoms with E-state index in [2.05, 4.69) is 216 Å². The number of rotatable bonds is 11. The number of hydrogen-bond donors (Lipinski definition) is 0. The lowest BCUT2D eigenvalue weighted by atomic mass is 10.1. The van der Waals surface area contributed by atoms with Gasteiger partial charge in [0, 0.05) is 34.1 Å². The molecule has 8 rings (SSSR count). The molecule has 0 aliphatic carbocycles. The maximum atomic E-state index is 4.42. The van der Waals surface area contributed by atoms with Gasteiger partial charge in [0.05, 0.1) is 0 Å². The lowest BCUT2D eigenvalue weighted by Crippen LogP contribution is -2.09. The molecule has 0 atom stereocenters. The second-order valence-electron chi connectivity index (χ2n) is 13.8. The molecule has 0 amide bonds. The Morgan fingerprint density at radius 2 is 0.571 bits per heavy atom. The summed E-state index contributed by atoms with van der Waals surface area (Å²) in [5, 5.41) is 20.8. The predicted octanol–water partition coefficient (Wildman–Crippen LogP) is 13.6. The summed E-state index contributed by atoms with van der Waals surface area (Å²) in [5.41, 5.74) is 13.8. The SMILES string of the molecule is Cc1ccc(N(c2ccc(C)cc2)c2ccc(C=Cc3nnc(-c4nnc(C=Cc5ccc(N(c6ccc(C)cc6)c6ccc(C)cc6)cc5)s4)s3)cc2)cc1. The van der Waals surface area contributed by atoms with Crippen molar-refractivity contribution in [1.29, 1.82) is 0 Å². The largest absolute Gasteiger partial charge is 0.311 e. The van der Waals surface area contributed by atoms with Crippen LogP contribution in [0.3, 0.4) is 0 Å². The molecule has 0 bridgehead atoms. The topological polar surface area (TPSA) is 58.0 Å². The van der Waals surface area contributed by atoms with Crippen LogP contribution in [0.1, 0.15) is 43.4 Å². The third kappa shape index (κ3) is 8.57. The molecule has 56 heavy (non-hydrogen) atoms. The van der Waals surface area contributed by atoms with Crippen LogP contribution in [0.5, 0.6) is 0 Å². The third-order valence-electron chi connectivity index (χ3n) is 9.37. The lowest BCUT2D eigenvalue weighted by Gasteiger charge is -2.25. The zero-order valence-corrected chi connectivity index (χ0v) is 33.3. The van der Waals surface area contributed by atoms with Gasteiger partial charge in [-0.05, 0) is 124 Å². The first-order chi connectivity index (χ1) is 27.3. The van der Waals surface area contributed by atoms with E-state index in [-0.39, 0.29) is 0 Å². The molecule has 0 aliphatic heterocycles. The molecule has 6 nitrogen and oxygen atoms in total. The van der Waals surface area contributed by atoms with Gasteiger partial charge in [0.1, 0.15) is 10.0 Å². The highest BCUT2D eigenvalue weighted by Gasteiger charge is 2.15. The summed E-state index contributed by atoms with van der Waals surface area (Å²) in [6, 6.07) is 51.7. The molecule has 0 unspecified atom stereocenters. The molecule has 0 spiro atoms.